The van der Waals surface area contributed by atoms with Crippen LogP contribution >= 0.6 is 11.3 Å². The first-order valence-corrected chi connectivity index (χ1v) is 12.1. The number of anilines is 1. The minimum Gasteiger partial charge on any atom is -0.383 e. The summed E-state index contributed by atoms with van der Waals surface area (Å²) in [5, 5.41) is 2.47. The molecular formula is C26H28F3N3O3S. The van der Waals surface area contributed by atoms with Crippen LogP contribution in [0.3, 0.4) is 0 Å². The van der Waals surface area contributed by atoms with Crippen molar-refractivity contribution in [3.8, 4) is 0 Å². The molecule has 3 rings (SSSR count). The van der Waals surface area contributed by atoms with Crippen LogP contribution in [0.25, 0.3) is 0 Å². The van der Waals surface area contributed by atoms with E-state index in [9.17, 15) is 22.8 Å². The second-order valence-electron chi connectivity index (χ2n) is 8.17. The third-order valence-corrected chi connectivity index (χ3v) is 6.32. The van der Waals surface area contributed by atoms with Crippen molar-refractivity contribution in [3.63, 3.8) is 0 Å². The highest BCUT2D eigenvalue weighted by molar-refractivity contribution is 7.11. The van der Waals surface area contributed by atoms with Gasteiger partial charge in [-0.1, -0.05) is 36.4 Å². The number of amides is 3. The number of hydrogen-bond donors (Lipinski definition) is 1. The Hall–Kier alpha value is -3.37. The quantitative estimate of drug-likeness (QED) is 0.369. The molecule has 6 nitrogen and oxygen atoms in total. The molecule has 36 heavy (non-hydrogen) atoms. The Morgan fingerprint density at radius 3 is 2.36 bits per heavy atom. The summed E-state index contributed by atoms with van der Waals surface area (Å²) in [5.41, 5.74) is 0.0518. The number of aryl methyl sites for hydroxylation is 1. The van der Waals surface area contributed by atoms with Crippen molar-refractivity contribution in [3.05, 3.63) is 87.6 Å². The molecule has 0 spiro atoms. The van der Waals surface area contributed by atoms with Crippen LogP contribution in [0.5, 0.6) is 0 Å². The highest BCUT2D eigenvalue weighted by Gasteiger charge is 2.31. The summed E-state index contributed by atoms with van der Waals surface area (Å²) in [6.45, 7) is 2.70. The van der Waals surface area contributed by atoms with E-state index in [0.29, 0.717) is 13.1 Å². The van der Waals surface area contributed by atoms with Crippen LogP contribution in [0, 0.1) is 6.92 Å². The molecule has 0 saturated carbocycles. The van der Waals surface area contributed by atoms with E-state index in [2.05, 4.69) is 5.32 Å². The minimum atomic E-state index is -4.54. The number of nitrogens with zero attached hydrogens (tertiary/aromatic N) is 2. The third kappa shape index (κ3) is 8.10. The van der Waals surface area contributed by atoms with Crippen molar-refractivity contribution in [2.45, 2.75) is 26.2 Å². The van der Waals surface area contributed by atoms with Gasteiger partial charge >= 0.3 is 12.2 Å². The van der Waals surface area contributed by atoms with Crippen LogP contribution in [0.2, 0.25) is 0 Å². The maximum Gasteiger partial charge on any atom is 0.416 e. The van der Waals surface area contributed by atoms with Gasteiger partial charge in [0.15, 0.2) is 0 Å². The first kappa shape index (κ1) is 27.2. The molecule has 10 heteroatoms. The lowest BCUT2D eigenvalue weighted by Gasteiger charge is -2.28. The van der Waals surface area contributed by atoms with E-state index in [4.69, 9.17) is 4.74 Å². The van der Waals surface area contributed by atoms with Gasteiger partial charge in [0.1, 0.15) is 6.54 Å². The zero-order chi connectivity index (χ0) is 26.1. The molecule has 0 radical (unpaired) electrons. The predicted octanol–water partition coefficient (Wildman–Crippen LogP) is 5.78. The molecule has 1 heterocycles. The summed E-state index contributed by atoms with van der Waals surface area (Å²) >= 11 is 1.59. The topological polar surface area (TPSA) is 61.9 Å². The number of methoxy groups -OCH3 is 1. The van der Waals surface area contributed by atoms with Crippen LogP contribution in [0.4, 0.5) is 23.7 Å². The summed E-state index contributed by atoms with van der Waals surface area (Å²) < 4.78 is 44.3. The number of rotatable bonds is 10. The largest absolute Gasteiger partial charge is 0.416 e. The van der Waals surface area contributed by atoms with Gasteiger partial charge in [-0.25, -0.2) is 4.79 Å². The number of carbonyl (C=O) groups is 2. The van der Waals surface area contributed by atoms with Crippen molar-refractivity contribution in [1.29, 1.82) is 0 Å². The Kier molecular flexibility index (Phi) is 9.49. The number of nitrogens with one attached hydrogen (secondary N) is 1. The molecule has 1 N–H and O–H groups in total. The summed E-state index contributed by atoms with van der Waals surface area (Å²) in [6.07, 6.45) is -4.54. The van der Waals surface area contributed by atoms with Crippen molar-refractivity contribution >= 4 is 29.0 Å². The lowest BCUT2D eigenvalue weighted by atomic mass is 10.2. The van der Waals surface area contributed by atoms with Gasteiger partial charge in [0.25, 0.3) is 0 Å². The van der Waals surface area contributed by atoms with Gasteiger partial charge in [-0.3, -0.25) is 4.79 Å². The van der Waals surface area contributed by atoms with Gasteiger partial charge in [-0.2, -0.15) is 13.2 Å². The van der Waals surface area contributed by atoms with E-state index in [1.807, 2.05) is 49.4 Å². The zero-order valence-corrected chi connectivity index (χ0v) is 20.9. The lowest BCUT2D eigenvalue weighted by Crippen LogP contribution is -2.45. The average Bonchev–Trinajstić information content (AvgIpc) is 3.26. The first-order chi connectivity index (χ1) is 17.2. The van der Waals surface area contributed by atoms with E-state index < -0.39 is 17.8 Å². The van der Waals surface area contributed by atoms with E-state index in [1.54, 1.807) is 16.2 Å². The number of hydrogen-bond acceptors (Lipinski definition) is 4. The monoisotopic (exact) mass is 519 g/mol. The maximum absolute atomic E-state index is 13.4. The van der Waals surface area contributed by atoms with Gasteiger partial charge in [-0.05, 0) is 42.8 Å². The van der Waals surface area contributed by atoms with Crippen LogP contribution in [-0.4, -0.2) is 48.5 Å². The van der Waals surface area contributed by atoms with E-state index in [0.717, 1.165) is 27.5 Å². The molecule has 3 amide bonds. The zero-order valence-electron chi connectivity index (χ0n) is 20.0. The number of benzene rings is 2. The van der Waals surface area contributed by atoms with Crippen LogP contribution < -0.4 is 5.32 Å². The van der Waals surface area contributed by atoms with Crippen molar-refractivity contribution in [1.82, 2.24) is 9.80 Å². The molecular weight excluding hydrogens is 491 g/mol. The molecule has 1 aromatic heterocycles. The number of thiophene rings is 1. The Morgan fingerprint density at radius 1 is 0.972 bits per heavy atom. The standard InChI is InChI=1S/C26H28F3N3O3S/c1-19-11-12-23(36-19)17-32(16-20-7-4-3-5-8-20)24(33)18-31(13-14-35-2)25(34)30-22-10-6-9-21(15-22)26(27,28)29/h3-12,15H,13-14,16-18H2,1-2H3,(H,30,34). The summed E-state index contributed by atoms with van der Waals surface area (Å²) in [7, 11) is 1.46. The molecule has 192 valence electrons. The van der Waals surface area contributed by atoms with E-state index >= 15 is 0 Å². The van der Waals surface area contributed by atoms with E-state index in [1.165, 1.54) is 24.1 Å². The predicted molar refractivity (Wildman–Crippen MR) is 134 cm³/mol. The molecule has 0 bridgehead atoms. The van der Waals surface area contributed by atoms with E-state index in [-0.39, 0.29) is 31.3 Å². The molecule has 0 saturated heterocycles. The Morgan fingerprint density at radius 2 is 1.72 bits per heavy atom. The molecule has 0 fully saturated rings. The number of urea groups is 1. The normalized spacial score (nSPS) is 11.2. The molecule has 0 unspecified atom stereocenters. The van der Waals surface area contributed by atoms with Crippen molar-refractivity contribution in [2.24, 2.45) is 0 Å². The smallest absolute Gasteiger partial charge is 0.383 e. The molecule has 0 atom stereocenters. The minimum absolute atomic E-state index is 0.0140. The highest BCUT2D eigenvalue weighted by atomic mass is 32.1. The number of alkyl halides is 3. The Bertz CT molecular complexity index is 1150. The fourth-order valence-corrected chi connectivity index (χ4v) is 4.39. The average molecular weight is 520 g/mol. The molecule has 0 aliphatic heterocycles. The third-order valence-electron chi connectivity index (χ3n) is 5.33. The Labute approximate surface area is 212 Å². The fraction of sp³-hybridized carbons (Fsp3) is 0.308. The van der Waals surface area contributed by atoms with Gasteiger partial charge in [0, 0.05) is 35.6 Å². The molecule has 0 aliphatic carbocycles. The fourth-order valence-electron chi connectivity index (χ4n) is 3.49. The van der Waals surface area contributed by atoms with Gasteiger partial charge in [0.05, 0.1) is 18.7 Å². The molecule has 3 aromatic rings. The second kappa shape index (κ2) is 12.5. The van der Waals surface area contributed by atoms with Crippen LogP contribution in [0.1, 0.15) is 20.9 Å². The van der Waals surface area contributed by atoms with Gasteiger partial charge < -0.3 is 19.9 Å². The van der Waals surface area contributed by atoms with Gasteiger partial charge in [-0.15, -0.1) is 11.3 Å². The number of halogens is 3. The number of carbonyl (C=O) groups excluding carboxylic acids is 2. The summed E-state index contributed by atoms with van der Waals surface area (Å²) in [4.78, 5) is 31.4. The molecule has 2 aromatic carbocycles. The van der Waals surface area contributed by atoms with Crippen molar-refractivity contribution < 1.29 is 27.5 Å². The maximum atomic E-state index is 13.4. The van der Waals surface area contributed by atoms with Crippen LogP contribution in [-0.2, 0) is 28.8 Å². The van der Waals surface area contributed by atoms with Crippen LogP contribution in [0.15, 0.2) is 66.7 Å². The van der Waals surface area contributed by atoms with Crippen molar-refractivity contribution in [2.75, 3.05) is 32.1 Å². The second-order valence-corrected chi connectivity index (χ2v) is 9.54. The SMILES string of the molecule is COCCN(CC(=O)N(Cc1ccccc1)Cc1ccc(C)s1)C(=O)Nc1cccc(C(F)(F)F)c1. The lowest BCUT2D eigenvalue weighted by molar-refractivity contribution is -0.137. The summed E-state index contributed by atoms with van der Waals surface area (Å²) in [5.74, 6) is -0.291. The number of ether oxygens (including phenoxy) is 1. The first-order valence-electron chi connectivity index (χ1n) is 11.2. The highest BCUT2D eigenvalue weighted by Crippen LogP contribution is 2.30. The Balaban J connectivity index is 1.76. The van der Waals surface area contributed by atoms with Gasteiger partial charge in [0.2, 0.25) is 5.91 Å². The summed E-state index contributed by atoms with van der Waals surface area (Å²) in [6, 6.07) is 17.1. The molecule has 0 aliphatic rings.